The Labute approximate surface area is 139 Å². The second-order valence-corrected chi connectivity index (χ2v) is 7.01. The minimum absolute atomic E-state index is 0.514. The molecule has 0 aliphatic carbocycles. The van der Waals surface area contributed by atoms with Crippen LogP contribution in [-0.2, 0) is 0 Å². The van der Waals surface area contributed by atoms with Crippen molar-refractivity contribution in [2.45, 2.75) is 45.1 Å². The molecule has 2 N–H and O–H groups in total. The number of hydrogen-bond acceptors (Lipinski definition) is 3. The molecule has 0 radical (unpaired) electrons. The molecule has 2 unspecified atom stereocenters. The van der Waals surface area contributed by atoms with Crippen molar-refractivity contribution in [3.05, 3.63) is 22.4 Å². The van der Waals surface area contributed by atoms with Gasteiger partial charge in [-0.1, -0.05) is 26.3 Å². The molecular formula is C17H30N4S. The Morgan fingerprint density at radius 1 is 1.45 bits per heavy atom. The number of thiophene rings is 1. The Kier molecular flexibility index (Phi) is 7.19. The fraction of sp³-hybridized carbons (Fsp3) is 0.706. The van der Waals surface area contributed by atoms with Crippen molar-refractivity contribution in [1.82, 2.24) is 15.5 Å². The largest absolute Gasteiger partial charge is 0.356 e. The van der Waals surface area contributed by atoms with Crippen LogP contribution in [0.4, 0.5) is 0 Å². The van der Waals surface area contributed by atoms with Crippen molar-refractivity contribution in [2.24, 2.45) is 4.99 Å². The van der Waals surface area contributed by atoms with Crippen molar-refractivity contribution >= 4 is 17.3 Å². The van der Waals surface area contributed by atoms with Crippen LogP contribution in [0.15, 0.2) is 22.5 Å². The molecule has 2 atom stereocenters. The summed E-state index contributed by atoms with van der Waals surface area (Å²) in [5.41, 5.74) is 0. The van der Waals surface area contributed by atoms with Gasteiger partial charge in [0, 0.05) is 37.0 Å². The van der Waals surface area contributed by atoms with Gasteiger partial charge in [0.25, 0.3) is 0 Å². The molecule has 0 aromatic carbocycles. The molecule has 2 heterocycles. The highest BCUT2D eigenvalue weighted by Crippen LogP contribution is 2.19. The number of rotatable bonds is 6. The van der Waals surface area contributed by atoms with Crippen molar-refractivity contribution in [3.8, 4) is 0 Å². The maximum absolute atomic E-state index is 4.36. The molecule has 22 heavy (non-hydrogen) atoms. The van der Waals surface area contributed by atoms with E-state index in [9.17, 15) is 0 Å². The summed E-state index contributed by atoms with van der Waals surface area (Å²) in [5, 5.41) is 9.10. The third-order valence-corrected chi connectivity index (χ3v) is 5.59. The van der Waals surface area contributed by atoms with Crippen LogP contribution in [0.25, 0.3) is 0 Å². The molecule has 4 nitrogen and oxygen atoms in total. The van der Waals surface area contributed by atoms with Gasteiger partial charge in [0.15, 0.2) is 5.96 Å². The lowest BCUT2D eigenvalue weighted by atomic mass is 10.0. The normalized spacial score (nSPS) is 21.6. The molecule has 5 heteroatoms. The van der Waals surface area contributed by atoms with Crippen molar-refractivity contribution in [3.63, 3.8) is 0 Å². The summed E-state index contributed by atoms with van der Waals surface area (Å²) in [5.74, 6) is 1.44. The zero-order chi connectivity index (χ0) is 15.8. The maximum Gasteiger partial charge on any atom is 0.191 e. The van der Waals surface area contributed by atoms with Gasteiger partial charge in [-0.05, 0) is 37.4 Å². The summed E-state index contributed by atoms with van der Waals surface area (Å²) in [6.07, 6.45) is 3.99. The lowest BCUT2D eigenvalue weighted by Gasteiger charge is -2.35. The molecule has 1 aromatic rings. The molecule has 124 valence electrons. The van der Waals surface area contributed by atoms with Crippen LogP contribution in [-0.4, -0.2) is 50.1 Å². The Morgan fingerprint density at radius 2 is 2.32 bits per heavy atom. The van der Waals surface area contributed by atoms with Gasteiger partial charge in [0.05, 0.1) is 0 Å². The van der Waals surface area contributed by atoms with Gasteiger partial charge in [-0.3, -0.25) is 9.89 Å². The van der Waals surface area contributed by atoms with Crippen LogP contribution in [0.2, 0.25) is 0 Å². The van der Waals surface area contributed by atoms with Crippen molar-refractivity contribution in [2.75, 3.05) is 33.2 Å². The molecule has 0 amide bonds. The van der Waals surface area contributed by atoms with E-state index in [1.54, 1.807) is 0 Å². The number of hydrogen-bond donors (Lipinski definition) is 2. The number of aliphatic imine (C=N–C) groups is 1. The van der Waals surface area contributed by atoms with Crippen molar-refractivity contribution in [1.29, 1.82) is 0 Å². The highest BCUT2D eigenvalue weighted by molar-refractivity contribution is 7.10. The van der Waals surface area contributed by atoms with Crippen LogP contribution < -0.4 is 10.6 Å². The average molecular weight is 323 g/mol. The molecule has 1 aliphatic rings. The molecule has 1 aromatic heterocycles. The van der Waals surface area contributed by atoms with Crippen molar-refractivity contribution < 1.29 is 0 Å². The van der Waals surface area contributed by atoms with Gasteiger partial charge in [0.1, 0.15) is 0 Å². The number of nitrogens with one attached hydrogen (secondary N) is 2. The Morgan fingerprint density at radius 3 is 3.00 bits per heavy atom. The summed E-state index contributed by atoms with van der Waals surface area (Å²) in [7, 11) is 1.85. The lowest BCUT2D eigenvalue weighted by Crippen LogP contribution is -2.49. The van der Waals surface area contributed by atoms with E-state index in [1.165, 1.54) is 30.7 Å². The molecule has 2 rings (SSSR count). The standard InChI is InChI=1S/C17H30N4S/c1-4-21-10-6-5-8-15(21)13-20-17(18-3)19-12-14(2)16-9-7-11-22-16/h7,9,11,14-15H,4-6,8,10,12-13H2,1-3H3,(H2,18,19,20). The van der Waals surface area contributed by atoms with E-state index in [0.29, 0.717) is 12.0 Å². The minimum atomic E-state index is 0.514. The van der Waals surface area contributed by atoms with Crippen LogP contribution in [0.3, 0.4) is 0 Å². The second-order valence-electron chi connectivity index (χ2n) is 6.03. The Hall–Kier alpha value is -1.07. The summed E-state index contributed by atoms with van der Waals surface area (Å²) in [4.78, 5) is 8.36. The zero-order valence-corrected chi connectivity index (χ0v) is 15.0. The molecule has 1 saturated heterocycles. The van der Waals surface area contributed by atoms with Crippen LogP contribution in [0.1, 0.15) is 43.9 Å². The van der Waals surface area contributed by atoms with Gasteiger partial charge < -0.3 is 10.6 Å². The Balaban J connectivity index is 1.75. The zero-order valence-electron chi connectivity index (χ0n) is 14.1. The average Bonchev–Trinajstić information content (AvgIpc) is 3.09. The monoisotopic (exact) mass is 322 g/mol. The van der Waals surface area contributed by atoms with E-state index in [0.717, 1.165) is 25.6 Å². The first-order valence-corrected chi connectivity index (χ1v) is 9.34. The summed E-state index contributed by atoms with van der Waals surface area (Å²) < 4.78 is 0. The van der Waals surface area contributed by atoms with Gasteiger partial charge in [-0.2, -0.15) is 0 Å². The number of guanidine groups is 1. The highest BCUT2D eigenvalue weighted by atomic mass is 32.1. The highest BCUT2D eigenvalue weighted by Gasteiger charge is 2.20. The first-order valence-electron chi connectivity index (χ1n) is 8.46. The van der Waals surface area contributed by atoms with E-state index < -0.39 is 0 Å². The Bertz CT molecular complexity index is 444. The molecule has 1 fully saturated rings. The predicted molar refractivity (Wildman–Crippen MR) is 97.0 cm³/mol. The van der Waals surface area contributed by atoms with E-state index in [4.69, 9.17) is 0 Å². The minimum Gasteiger partial charge on any atom is -0.356 e. The molecule has 1 aliphatic heterocycles. The number of nitrogens with zero attached hydrogens (tertiary/aromatic N) is 2. The maximum atomic E-state index is 4.36. The van der Waals surface area contributed by atoms with Gasteiger partial charge in [-0.25, -0.2) is 0 Å². The number of piperidine rings is 1. The van der Waals surface area contributed by atoms with Crippen LogP contribution >= 0.6 is 11.3 Å². The van der Waals surface area contributed by atoms with E-state index in [1.807, 2.05) is 18.4 Å². The quantitative estimate of drug-likeness (QED) is 0.625. The fourth-order valence-corrected chi connectivity index (χ4v) is 3.85. The van der Waals surface area contributed by atoms with Crippen LogP contribution in [0, 0.1) is 0 Å². The van der Waals surface area contributed by atoms with E-state index >= 15 is 0 Å². The second kappa shape index (κ2) is 9.16. The van der Waals surface area contributed by atoms with Gasteiger partial charge >= 0.3 is 0 Å². The predicted octanol–water partition coefficient (Wildman–Crippen LogP) is 2.89. The number of likely N-dealkylation sites (N-methyl/N-ethyl adjacent to an activating group) is 1. The van der Waals surface area contributed by atoms with E-state index in [2.05, 4.69) is 51.9 Å². The van der Waals surface area contributed by atoms with Gasteiger partial charge in [0.2, 0.25) is 0 Å². The smallest absolute Gasteiger partial charge is 0.191 e. The van der Waals surface area contributed by atoms with E-state index in [-0.39, 0.29) is 0 Å². The summed E-state index contributed by atoms with van der Waals surface area (Å²) >= 11 is 1.82. The molecule has 0 bridgehead atoms. The summed E-state index contributed by atoms with van der Waals surface area (Å²) in [6.45, 7) is 8.81. The number of likely N-dealkylation sites (tertiary alicyclic amines) is 1. The topological polar surface area (TPSA) is 39.7 Å². The first-order chi connectivity index (χ1) is 10.7. The summed E-state index contributed by atoms with van der Waals surface area (Å²) in [6, 6.07) is 4.97. The first kappa shape index (κ1) is 17.3. The van der Waals surface area contributed by atoms with Gasteiger partial charge in [-0.15, -0.1) is 11.3 Å². The fourth-order valence-electron chi connectivity index (χ4n) is 3.06. The van der Waals surface area contributed by atoms with Crippen LogP contribution in [0.5, 0.6) is 0 Å². The lowest BCUT2D eigenvalue weighted by molar-refractivity contribution is 0.157. The third-order valence-electron chi connectivity index (χ3n) is 4.49. The molecule has 0 saturated carbocycles. The molecular weight excluding hydrogens is 292 g/mol. The SMILES string of the molecule is CCN1CCCCC1CNC(=NC)NCC(C)c1cccs1. The third kappa shape index (κ3) is 4.99. The molecule has 0 spiro atoms.